The van der Waals surface area contributed by atoms with Gasteiger partial charge in [0.1, 0.15) is 13.2 Å². The third-order valence-electron chi connectivity index (χ3n) is 10.2. The van der Waals surface area contributed by atoms with Gasteiger partial charge in [-0.1, -0.05) is 192 Å². The quantitative estimate of drug-likeness (QED) is 0.0247. The highest BCUT2D eigenvalue weighted by molar-refractivity contribution is 7.47. The molecule has 3 N–H and O–H groups in total. The van der Waals surface area contributed by atoms with Crippen molar-refractivity contribution in [3.8, 4) is 0 Å². The number of aliphatic hydroxyl groups is 1. The van der Waals surface area contributed by atoms with E-state index in [1.54, 1.807) is 6.08 Å². The van der Waals surface area contributed by atoms with Gasteiger partial charge in [-0.3, -0.25) is 13.8 Å². The van der Waals surface area contributed by atoms with Gasteiger partial charge in [-0.25, -0.2) is 4.57 Å². The van der Waals surface area contributed by atoms with Crippen molar-refractivity contribution in [1.29, 1.82) is 0 Å². The van der Waals surface area contributed by atoms with E-state index in [-0.39, 0.29) is 19.1 Å². The summed E-state index contributed by atoms with van der Waals surface area (Å²) in [4.78, 5) is 23.0. The van der Waals surface area contributed by atoms with Crippen LogP contribution in [0.25, 0.3) is 0 Å². The van der Waals surface area contributed by atoms with Gasteiger partial charge in [0.15, 0.2) is 0 Å². The summed E-state index contributed by atoms with van der Waals surface area (Å²) in [7, 11) is 1.56. The number of nitrogens with zero attached hydrogens (tertiary/aromatic N) is 1. The highest BCUT2D eigenvalue weighted by Gasteiger charge is 2.27. The van der Waals surface area contributed by atoms with Crippen molar-refractivity contribution in [3.05, 3.63) is 24.3 Å². The summed E-state index contributed by atoms with van der Waals surface area (Å²) in [5.41, 5.74) is 0. The predicted octanol–water partition coefficient (Wildman–Crippen LogP) is 12.5. The number of carbonyl (C=O) groups excluding carboxylic acids is 1. The summed E-state index contributed by atoms with van der Waals surface area (Å²) in [5.74, 6) is -0.188. The summed E-state index contributed by atoms with van der Waals surface area (Å²) in [6.07, 6.45) is 44.0. The molecule has 0 aromatic rings. The Morgan fingerprint density at radius 1 is 0.611 bits per heavy atom. The Balaban J connectivity index is 4.39. The van der Waals surface area contributed by atoms with Crippen molar-refractivity contribution in [1.82, 2.24) is 5.32 Å². The number of amides is 1. The first-order chi connectivity index (χ1) is 26.0. The first kappa shape index (κ1) is 53.0. The van der Waals surface area contributed by atoms with Gasteiger partial charge in [-0.15, -0.1) is 0 Å². The molecule has 0 aromatic carbocycles. The van der Waals surface area contributed by atoms with Crippen LogP contribution in [0, 0.1) is 0 Å². The van der Waals surface area contributed by atoms with Crippen molar-refractivity contribution < 1.29 is 32.9 Å². The van der Waals surface area contributed by atoms with Crippen LogP contribution in [0.1, 0.15) is 206 Å². The zero-order valence-electron chi connectivity index (χ0n) is 36.2. The smallest absolute Gasteiger partial charge is 0.387 e. The van der Waals surface area contributed by atoms with Crippen molar-refractivity contribution in [3.63, 3.8) is 0 Å². The molecule has 0 aromatic heterocycles. The zero-order chi connectivity index (χ0) is 40.0. The molecule has 0 aliphatic heterocycles. The zero-order valence-corrected chi connectivity index (χ0v) is 37.1. The summed E-state index contributed by atoms with van der Waals surface area (Å²) < 4.78 is 23.5. The van der Waals surface area contributed by atoms with E-state index in [0.717, 1.165) is 38.5 Å². The Morgan fingerprint density at radius 2 is 1.02 bits per heavy atom. The molecule has 0 spiro atoms. The van der Waals surface area contributed by atoms with Crippen LogP contribution in [-0.2, 0) is 18.4 Å². The minimum Gasteiger partial charge on any atom is -0.387 e. The van der Waals surface area contributed by atoms with Gasteiger partial charge in [0, 0.05) is 6.42 Å². The molecular weight excluding hydrogens is 695 g/mol. The van der Waals surface area contributed by atoms with Crippen LogP contribution < -0.4 is 5.32 Å². The molecule has 0 radical (unpaired) electrons. The van der Waals surface area contributed by atoms with Crippen LogP contribution >= 0.6 is 7.82 Å². The Morgan fingerprint density at radius 3 is 1.48 bits per heavy atom. The van der Waals surface area contributed by atoms with Crippen molar-refractivity contribution >= 4 is 13.7 Å². The van der Waals surface area contributed by atoms with Crippen LogP contribution in [0.15, 0.2) is 24.3 Å². The number of carbonyl (C=O) groups is 1. The van der Waals surface area contributed by atoms with E-state index in [1.807, 2.05) is 27.2 Å². The molecule has 0 saturated heterocycles. The lowest BCUT2D eigenvalue weighted by Crippen LogP contribution is -2.45. The standard InChI is InChI=1S/C45H89N2O6P/c1-6-8-10-12-14-16-18-19-20-21-22-23-24-25-26-27-29-30-32-34-36-38-44(48)43(42-53-54(50,51)52-41-40-47(3,4)5)46-45(49)39-37-35-33-31-28-17-15-13-11-9-7-2/h29-30,36,38,43-44,48H,6-28,31-35,37,39-42H2,1-5H3,(H-,46,49,50,51)/p+1/b30-29+,38-36+. The molecule has 0 fully saturated rings. The fraction of sp³-hybridized carbons (Fsp3) is 0.889. The summed E-state index contributed by atoms with van der Waals surface area (Å²) >= 11 is 0. The van der Waals surface area contributed by atoms with Crippen molar-refractivity contribution in [2.75, 3.05) is 40.9 Å². The number of quaternary nitrogens is 1. The van der Waals surface area contributed by atoms with Gasteiger partial charge in [0.05, 0.1) is 39.9 Å². The van der Waals surface area contributed by atoms with E-state index in [0.29, 0.717) is 17.4 Å². The first-order valence-electron chi connectivity index (χ1n) is 22.7. The third-order valence-corrected chi connectivity index (χ3v) is 11.2. The van der Waals surface area contributed by atoms with Gasteiger partial charge in [-0.2, -0.15) is 0 Å². The maximum absolute atomic E-state index is 12.8. The second-order valence-electron chi connectivity index (χ2n) is 16.8. The Kier molecular flexibility index (Phi) is 36.8. The molecule has 0 heterocycles. The van der Waals surface area contributed by atoms with Crippen LogP contribution in [0.2, 0.25) is 0 Å². The Labute approximate surface area is 334 Å². The van der Waals surface area contributed by atoms with Gasteiger partial charge >= 0.3 is 7.82 Å². The number of phosphoric acid groups is 1. The predicted molar refractivity (Wildman–Crippen MR) is 231 cm³/mol. The lowest BCUT2D eigenvalue weighted by molar-refractivity contribution is -0.870. The monoisotopic (exact) mass is 786 g/mol. The van der Waals surface area contributed by atoms with Crippen LogP contribution in [0.4, 0.5) is 0 Å². The largest absolute Gasteiger partial charge is 0.472 e. The number of hydrogen-bond donors (Lipinski definition) is 3. The summed E-state index contributed by atoms with van der Waals surface area (Å²) in [5, 5.41) is 13.8. The van der Waals surface area contributed by atoms with Crippen molar-refractivity contribution in [2.24, 2.45) is 0 Å². The second kappa shape index (κ2) is 37.6. The molecule has 9 heteroatoms. The van der Waals surface area contributed by atoms with E-state index in [4.69, 9.17) is 9.05 Å². The minimum atomic E-state index is -4.34. The second-order valence-corrected chi connectivity index (χ2v) is 18.2. The van der Waals surface area contributed by atoms with Crippen LogP contribution in [-0.4, -0.2) is 73.4 Å². The number of rotatable bonds is 41. The maximum atomic E-state index is 12.8. The van der Waals surface area contributed by atoms with E-state index >= 15 is 0 Å². The first-order valence-corrected chi connectivity index (χ1v) is 24.2. The molecule has 0 bridgehead atoms. The highest BCUT2D eigenvalue weighted by Crippen LogP contribution is 2.43. The molecule has 0 rings (SSSR count). The Hall–Kier alpha value is -1.02. The molecule has 1 amide bonds. The number of unbranched alkanes of at least 4 members (excludes halogenated alkanes) is 26. The molecule has 54 heavy (non-hydrogen) atoms. The number of phosphoric ester groups is 1. The van der Waals surface area contributed by atoms with Gasteiger partial charge in [0.25, 0.3) is 0 Å². The molecule has 320 valence electrons. The highest BCUT2D eigenvalue weighted by atomic mass is 31.2. The van der Waals surface area contributed by atoms with E-state index in [9.17, 15) is 19.4 Å². The van der Waals surface area contributed by atoms with Gasteiger partial charge in [-0.05, 0) is 32.1 Å². The molecule has 3 unspecified atom stereocenters. The number of hydrogen-bond acceptors (Lipinski definition) is 5. The average molecular weight is 786 g/mol. The molecule has 0 aliphatic carbocycles. The van der Waals surface area contributed by atoms with Gasteiger partial charge < -0.3 is 19.8 Å². The van der Waals surface area contributed by atoms with Crippen LogP contribution in [0.3, 0.4) is 0 Å². The van der Waals surface area contributed by atoms with E-state index in [1.165, 1.54) is 148 Å². The Bertz CT molecular complexity index is 938. The van der Waals surface area contributed by atoms with E-state index < -0.39 is 20.0 Å². The van der Waals surface area contributed by atoms with E-state index in [2.05, 4.69) is 31.3 Å². The summed E-state index contributed by atoms with van der Waals surface area (Å²) in [6, 6.07) is -0.857. The fourth-order valence-corrected chi connectivity index (χ4v) is 7.26. The lowest BCUT2D eigenvalue weighted by atomic mass is 10.0. The molecule has 0 aliphatic rings. The molecule has 3 atom stereocenters. The number of aliphatic hydroxyl groups excluding tert-OH is 1. The van der Waals surface area contributed by atoms with Crippen molar-refractivity contribution in [2.45, 2.75) is 219 Å². The molecule has 0 saturated carbocycles. The molecule has 8 nitrogen and oxygen atoms in total. The SMILES string of the molecule is CCCCCCCCCCCCCCCCC/C=C/CC/C=C/C(O)C(COP(=O)(O)OCC[N+](C)(C)C)NC(=O)CCCCCCCCCCCCC. The van der Waals surface area contributed by atoms with Crippen LogP contribution in [0.5, 0.6) is 0 Å². The molecular formula is C45H90N2O6P+. The topological polar surface area (TPSA) is 105 Å². The third kappa shape index (κ3) is 39.2. The summed E-state index contributed by atoms with van der Waals surface area (Å²) in [6.45, 7) is 4.79. The number of allylic oxidation sites excluding steroid dienone is 3. The average Bonchev–Trinajstić information content (AvgIpc) is 3.12. The number of nitrogens with one attached hydrogen (secondary N) is 1. The number of likely N-dealkylation sites (N-methyl/N-ethyl adjacent to an activating group) is 1. The minimum absolute atomic E-state index is 0.0581. The van der Waals surface area contributed by atoms with Gasteiger partial charge in [0.2, 0.25) is 5.91 Å². The maximum Gasteiger partial charge on any atom is 0.472 e. The normalized spacial score (nSPS) is 14.6. The fourth-order valence-electron chi connectivity index (χ4n) is 6.53. The lowest BCUT2D eigenvalue weighted by Gasteiger charge is -2.25.